The van der Waals surface area contributed by atoms with Gasteiger partial charge in [-0.25, -0.2) is 0 Å². The molecule has 1 fully saturated rings. The highest BCUT2D eigenvalue weighted by atomic mass is 35.5. The van der Waals surface area contributed by atoms with Gasteiger partial charge in [0, 0.05) is 26.0 Å². The van der Waals surface area contributed by atoms with Gasteiger partial charge in [-0.1, -0.05) is 12.8 Å². The largest absolute Gasteiger partial charge is 0.391 e. The molecule has 1 saturated carbocycles. The van der Waals surface area contributed by atoms with E-state index in [0.717, 1.165) is 12.8 Å². The zero-order chi connectivity index (χ0) is 24.1. The molecular formula is C20H37ClN5O5P. The number of anilines is 2. The average molecular weight is 494 g/mol. The summed E-state index contributed by atoms with van der Waals surface area (Å²) in [5.74, 6) is 0.990. The summed E-state index contributed by atoms with van der Waals surface area (Å²) in [6.07, 6.45) is 6.57. The van der Waals surface area contributed by atoms with E-state index in [9.17, 15) is 0 Å². The Morgan fingerprint density at radius 3 is 2.38 bits per heavy atom. The standard InChI is InChI=1S/C16H27ClN5O4P.C4H10O/c1-25-13(7-4-8-26-10-27(23)24)20-15-12(9-18)14(21-16(17)22-15)19-11-5-2-3-6-11;1-4(2,3)5/h9,11,13,18,23-24H,2-8,10H2,1H3,(H2,19,20,21,22);5H,1-3H3. The number of ether oxygens (including phenoxy) is 2. The van der Waals surface area contributed by atoms with E-state index in [1.807, 2.05) is 0 Å². The minimum atomic E-state index is -2.03. The van der Waals surface area contributed by atoms with Crippen molar-refractivity contribution in [3.63, 3.8) is 0 Å². The van der Waals surface area contributed by atoms with E-state index in [1.54, 1.807) is 27.9 Å². The number of nitrogens with zero attached hydrogens (tertiary/aromatic N) is 2. The Morgan fingerprint density at radius 2 is 1.84 bits per heavy atom. The van der Waals surface area contributed by atoms with Crippen LogP contribution in [0.15, 0.2) is 0 Å². The first-order chi connectivity index (χ1) is 15.0. The summed E-state index contributed by atoms with van der Waals surface area (Å²) in [7, 11) is -0.455. The Balaban J connectivity index is 0.000000920. The molecule has 1 aromatic heterocycles. The first-order valence-electron chi connectivity index (χ1n) is 10.6. The third-order valence-electron chi connectivity index (χ3n) is 4.30. The van der Waals surface area contributed by atoms with E-state index in [2.05, 4.69) is 20.6 Å². The quantitative estimate of drug-likeness (QED) is 0.0840. The lowest BCUT2D eigenvalue weighted by Crippen LogP contribution is -2.25. The van der Waals surface area contributed by atoms with Gasteiger partial charge in [0.25, 0.3) is 0 Å². The zero-order valence-electron chi connectivity index (χ0n) is 19.3. The van der Waals surface area contributed by atoms with Gasteiger partial charge >= 0.3 is 0 Å². The molecule has 1 unspecified atom stereocenters. The van der Waals surface area contributed by atoms with Gasteiger partial charge in [0.2, 0.25) is 5.28 Å². The molecule has 1 atom stereocenters. The Hall–Kier alpha value is -1.13. The van der Waals surface area contributed by atoms with E-state index in [-0.39, 0.29) is 17.9 Å². The number of rotatable bonds is 12. The third-order valence-corrected chi connectivity index (χ3v) is 4.89. The molecule has 6 N–H and O–H groups in total. The lowest BCUT2D eigenvalue weighted by atomic mass is 10.2. The Labute approximate surface area is 196 Å². The molecule has 0 radical (unpaired) electrons. The molecule has 1 heterocycles. The highest BCUT2D eigenvalue weighted by molar-refractivity contribution is 7.44. The van der Waals surface area contributed by atoms with Crippen LogP contribution in [0.2, 0.25) is 5.28 Å². The van der Waals surface area contributed by atoms with Crippen LogP contribution in [0.4, 0.5) is 11.6 Å². The maximum Gasteiger partial charge on any atom is 0.226 e. The first kappa shape index (κ1) is 28.9. The van der Waals surface area contributed by atoms with Crippen LogP contribution in [0.25, 0.3) is 0 Å². The van der Waals surface area contributed by atoms with E-state index in [0.29, 0.717) is 42.7 Å². The van der Waals surface area contributed by atoms with Crippen molar-refractivity contribution >= 4 is 37.8 Å². The second-order valence-electron chi connectivity index (χ2n) is 8.46. The van der Waals surface area contributed by atoms with Crippen LogP contribution in [0, 0.1) is 5.41 Å². The van der Waals surface area contributed by atoms with Crippen LogP contribution in [0.3, 0.4) is 0 Å². The molecule has 0 saturated heterocycles. The van der Waals surface area contributed by atoms with Gasteiger partial charge in [-0.2, -0.15) is 9.97 Å². The molecular weight excluding hydrogens is 457 g/mol. The summed E-state index contributed by atoms with van der Waals surface area (Å²) in [5, 5.41) is 22.9. The number of nitrogens with one attached hydrogen (secondary N) is 3. The van der Waals surface area contributed by atoms with Gasteiger partial charge < -0.3 is 40.4 Å². The minimum absolute atomic E-state index is 0.0594. The summed E-state index contributed by atoms with van der Waals surface area (Å²) in [6, 6.07) is 0.335. The molecule has 10 nitrogen and oxygen atoms in total. The predicted molar refractivity (Wildman–Crippen MR) is 129 cm³/mol. The Kier molecular flexibility index (Phi) is 13.5. The van der Waals surface area contributed by atoms with Crippen LogP contribution in [-0.2, 0) is 9.47 Å². The van der Waals surface area contributed by atoms with Crippen molar-refractivity contribution < 1.29 is 24.4 Å². The van der Waals surface area contributed by atoms with Gasteiger partial charge in [-0.05, 0) is 58.1 Å². The molecule has 0 amide bonds. The molecule has 1 aliphatic carbocycles. The molecule has 32 heavy (non-hydrogen) atoms. The molecule has 184 valence electrons. The van der Waals surface area contributed by atoms with Gasteiger partial charge in [0.1, 0.15) is 24.2 Å². The molecule has 12 heteroatoms. The monoisotopic (exact) mass is 493 g/mol. The topological polar surface area (TPSA) is 153 Å². The SMILES string of the molecule is CC(C)(C)O.COC(CCCOCP(O)O)Nc1nc(Cl)nc(NC2CCCC2)c1C=N. The molecule has 1 aliphatic rings. The highest BCUT2D eigenvalue weighted by Gasteiger charge is 2.20. The van der Waals surface area contributed by atoms with Gasteiger partial charge in [-0.3, -0.25) is 0 Å². The fourth-order valence-electron chi connectivity index (χ4n) is 2.98. The lowest BCUT2D eigenvalue weighted by molar-refractivity contribution is 0.0987. The van der Waals surface area contributed by atoms with Crippen LogP contribution in [0.1, 0.15) is 64.9 Å². The van der Waals surface area contributed by atoms with E-state index in [1.165, 1.54) is 19.1 Å². The number of hydrogen-bond acceptors (Lipinski definition) is 10. The van der Waals surface area contributed by atoms with Crippen LogP contribution in [-0.4, -0.2) is 69.0 Å². The predicted octanol–water partition coefficient (Wildman–Crippen LogP) is 3.69. The van der Waals surface area contributed by atoms with Crippen molar-refractivity contribution in [1.82, 2.24) is 9.97 Å². The van der Waals surface area contributed by atoms with Crippen molar-refractivity contribution in [3.05, 3.63) is 10.8 Å². The molecule has 0 aliphatic heterocycles. The fourth-order valence-corrected chi connectivity index (χ4v) is 3.44. The second-order valence-corrected chi connectivity index (χ2v) is 9.81. The fraction of sp³-hybridized carbons (Fsp3) is 0.750. The number of aliphatic hydroxyl groups is 1. The summed E-state index contributed by atoms with van der Waals surface area (Å²) in [4.78, 5) is 26.1. The lowest BCUT2D eigenvalue weighted by Gasteiger charge is -2.21. The molecule has 1 aromatic rings. The summed E-state index contributed by atoms with van der Waals surface area (Å²) in [5.41, 5.74) is 0.0378. The zero-order valence-corrected chi connectivity index (χ0v) is 20.9. The van der Waals surface area contributed by atoms with Crippen molar-refractivity contribution in [1.29, 1.82) is 5.41 Å². The molecule has 0 bridgehead atoms. The molecule has 2 rings (SSSR count). The minimum Gasteiger partial charge on any atom is -0.391 e. The summed E-state index contributed by atoms with van der Waals surface area (Å²) >= 11 is 6.08. The number of halogens is 1. The molecule has 0 aromatic carbocycles. The van der Waals surface area contributed by atoms with Crippen molar-refractivity contribution in [2.24, 2.45) is 0 Å². The first-order valence-corrected chi connectivity index (χ1v) is 12.4. The van der Waals surface area contributed by atoms with Gasteiger partial charge in [0.15, 0.2) is 8.38 Å². The van der Waals surface area contributed by atoms with Crippen LogP contribution >= 0.6 is 20.0 Å². The highest BCUT2D eigenvalue weighted by Crippen LogP contribution is 2.27. The summed E-state index contributed by atoms with van der Waals surface area (Å²) < 4.78 is 10.6. The van der Waals surface area contributed by atoms with Gasteiger partial charge in [-0.15, -0.1) is 0 Å². The van der Waals surface area contributed by atoms with Crippen molar-refractivity contribution in [2.75, 3.05) is 30.7 Å². The summed E-state index contributed by atoms with van der Waals surface area (Å²) in [6.45, 7) is 5.62. The van der Waals surface area contributed by atoms with Crippen LogP contribution < -0.4 is 10.6 Å². The van der Waals surface area contributed by atoms with E-state index < -0.39 is 14.0 Å². The molecule has 0 spiro atoms. The normalized spacial score (nSPS) is 15.3. The Morgan fingerprint density at radius 1 is 1.25 bits per heavy atom. The Bertz CT molecular complexity index is 681. The van der Waals surface area contributed by atoms with Crippen molar-refractivity contribution in [3.8, 4) is 0 Å². The van der Waals surface area contributed by atoms with Crippen molar-refractivity contribution in [2.45, 2.75) is 77.2 Å². The van der Waals surface area contributed by atoms with Crippen LogP contribution in [0.5, 0.6) is 0 Å². The smallest absolute Gasteiger partial charge is 0.226 e. The van der Waals surface area contributed by atoms with Gasteiger partial charge in [0.05, 0.1) is 11.2 Å². The van der Waals surface area contributed by atoms with E-state index in [4.69, 9.17) is 41.4 Å². The second kappa shape index (κ2) is 14.9. The van der Waals surface area contributed by atoms with E-state index >= 15 is 0 Å². The average Bonchev–Trinajstić information content (AvgIpc) is 3.18. The maximum atomic E-state index is 8.82. The third kappa shape index (κ3) is 12.8. The number of hydrogen-bond donors (Lipinski definition) is 6. The number of methoxy groups -OCH3 is 1. The maximum absolute atomic E-state index is 8.82. The number of aromatic nitrogens is 2.